The van der Waals surface area contributed by atoms with Crippen LogP contribution in [0.5, 0.6) is 0 Å². The fraction of sp³-hybridized carbons (Fsp3) is 0.278. The maximum atomic E-state index is 12.3. The minimum atomic E-state index is -3.67. The second kappa shape index (κ2) is 7.89. The van der Waals surface area contributed by atoms with Crippen LogP contribution in [-0.4, -0.2) is 27.1 Å². The van der Waals surface area contributed by atoms with E-state index in [1.165, 1.54) is 0 Å². The number of carbonyl (C=O) groups is 1. The number of amides is 1. The highest BCUT2D eigenvalue weighted by atomic mass is 35.5. The number of sulfonamides is 1. The summed E-state index contributed by atoms with van der Waals surface area (Å²) in [5.41, 5.74) is 2.90. The van der Waals surface area contributed by atoms with Gasteiger partial charge in [0.2, 0.25) is 15.9 Å². The first-order valence-corrected chi connectivity index (χ1v) is 9.96. The number of anilines is 1. The standard InChI is InChI=1S/C18H21ClN2O3S/c1-13-9-14(2)18(16(19)10-13)21(25(3,23)24)12-17(22)20-11-15-7-5-4-6-8-15/h4-10H,11-12H2,1-3H3,(H,20,22). The molecule has 134 valence electrons. The van der Waals surface area contributed by atoms with Crippen LogP contribution in [0.4, 0.5) is 5.69 Å². The lowest BCUT2D eigenvalue weighted by molar-refractivity contribution is -0.119. The summed E-state index contributed by atoms with van der Waals surface area (Å²) in [5, 5.41) is 3.04. The van der Waals surface area contributed by atoms with Crippen LogP contribution in [0, 0.1) is 13.8 Å². The molecule has 2 aromatic rings. The quantitative estimate of drug-likeness (QED) is 0.837. The first-order chi connectivity index (χ1) is 11.7. The summed E-state index contributed by atoms with van der Waals surface area (Å²) in [6, 6.07) is 12.9. The van der Waals surface area contributed by atoms with Crippen molar-refractivity contribution < 1.29 is 13.2 Å². The van der Waals surface area contributed by atoms with Crippen LogP contribution in [0.25, 0.3) is 0 Å². The molecular weight excluding hydrogens is 360 g/mol. The Morgan fingerprint density at radius 3 is 2.36 bits per heavy atom. The highest BCUT2D eigenvalue weighted by Crippen LogP contribution is 2.32. The van der Waals surface area contributed by atoms with Crippen LogP contribution in [0.2, 0.25) is 5.02 Å². The molecule has 0 aromatic heterocycles. The number of rotatable bonds is 6. The number of carbonyl (C=O) groups excluding carboxylic acids is 1. The summed E-state index contributed by atoms with van der Waals surface area (Å²) in [6.45, 7) is 3.65. The first-order valence-electron chi connectivity index (χ1n) is 7.73. The molecule has 0 heterocycles. The Bertz CT molecular complexity index is 844. The van der Waals surface area contributed by atoms with Gasteiger partial charge in [-0.3, -0.25) is 9.10 Å². The van der Waals surface area contributed by atoms with Gasteiger partial charge in [-0.1, -0.05) is 48.0 Å². The Morgan fingerprint density at radius 2 is 1.80 bits per heavy atom. The molecule has 25 heavy (non-hydrogen) atoms. The zero-order valence-electron chi connectivity index (χ0n) is 14.4. The van der Waals surface area contributed by atoms with E-state index in [4.69, 9.17) is 11.6 Å². The van der Waals surface area contributed by atoms with Crippen molar-refractivity contribution in [3.05, 3.63) is 64.2 Å². The van der Waals surface area contributed by atoms with Gasteiger partial charge in [0.15, 0.2) is 0 Å². The van der Waals surface area contributed by atoms with Crippen LogP contribution in [0.3, 0.4) is 0 Å². The zero-order chi connectivity index (χ0) is 18.6. The smallest absolute Gasteiger partial charge is 0.241 e. The molecule has 1 N–H and O–H groups in total. The average Bonchev–Trinajstić information content (AvgIpc) is 2.51. The molecule has 1 amide bonds. The molecule has 2 aromatic carbocycles. The third-order valence-corrected chi connectivity index (χ3v) is 5.07. The van der Waals surface area contributed by atoms with E-state index in [-0.39, 0.29) is 6.54 Å². The van der Waals surface area contributed by atoms with Gasteiger partial charge in [0.25, 0.3) is 0 Å². The maximum absolute atomic E-state index is 12.3. The first kappa shape index (κ1) is 19.3. The van der Waals surface area contributed by atoms with Gasteiger partial charge in [0.05, 0.1) is 17.0 Å². The SMILES string of the molecule is Cc1cc(C)c(N(CC(=O)NCc2ccccc2)S(C)(=O)=O)c(Cl)c1. The van der Waals surface area contributed by atoms with Crippen molar-refractivity contribution in [2.45, 2.75) is 20.4 Å². The van der Waals surface area contributed by atoms with E-state index in [0.29, 0.717) is 22.8 Å². The molecule has 2 rings (SSSR count). The van der Waals surface area contributed by atoms with Crippen LogP contribution in [0.15, 0.2) is 42.5 Å². The molecule has 0 radical (unpaired) electrons. The lowest BCUT2D eigenvalue weighted by Gasteiger charge is -2.25. The predicted molar refractivity (Wildman–Crippen MR) is 101 cm³/mol. The highest BCUT2D eigenvalue weighted by molar-refractivity contribution is 7.92. The molecule has 0 aliphatic heterocycles. The number of hydrogen-bond acceptors (Lipinski definition) is 3. The van der Waals surface area contributed by atoms with Crippen molar-refractivity contribution in [3.8, 4) is 0 Å². The van der Waals surface area contributed by atoms with E-state index in [0.717, 1.165) is 21.7 Å². The van der Waals surface area contributed by atoms with E-state index >= 15 is 0 Å². The summed E-state index contributed by atoms with van der Waals surface area (Å²) in [5.74, 6) is -0.398. The normalized spacial score (nSPS) is 11.2. The molecule has 0 bridgehead atoms. The maximum Gasteiger partial charge on any atom is 0.241 e. The van der Waals surface area contributed by atoms with Gasteiger partial charge in [0, 0.05) is 6.54 Å². The number of halogens is 1. The van der Waals surface area contributed by atoms with Crippen LogP contribution >= 0.6 is 11.6 Å². The largest absolute Gasteiger partial charge is 0.350 e. The van der Waals surface area contributed by atoms with Gasteiger partial charge in [0.1, 0.15) is 6.54 Å². The Balaban J connectivity index is 2.21. The number of hydrogen-bond donors (Lipinski definition) is 1. The molecule has 0 spiro atoms. The predicted octanol–water partition coefficient (Wildman–Crippen LogP) is 3.04. The Labute approximate surface area is 153 Å². The number of nitrogens with zero attached hydrogens (tertiary/aromatic N) is 1. The molecule has 0 saturated carbocycles. The van der Waals surface area contributed by atoms with Crippen molar-refractivity contribution in [1.82, 2.24) is 5.32 Å². The summed E-state index contributed by atoms with van der Waals surface area (Å²) < 4.78 is 25.5. The highest BCUT2D eigenvalue weighted by Gasteiger charge is 2.24. The van der Waals surface area contributed by atoms with E-state index in [9.17, 15) is 13.2 Å². The molecule has 7 heteroatoms. The zero-order valence-corrected chi connectivity index (χ0v) is 16.0. The third kappa shape index (κ3) is 5.21. The topological polar surface area (TPSA) is 66.5 Å². The lowest BCUT2D eigenvalue weighted by Crippen LogP contribution is -2.40. The molecular formula is C18H21ClN2O3S. The second-order valence-corrected chi connectivity index (χ2v) is 8.26. The number of aryl methyl sites for hydroxylation is 2. The molecule has 5 nitrogen and oxygen atoms in total. The monoisotopic (exact) mass is 380 g/mol. The van der Waals surface area contributed by atoms with E-state index < -0.39 is 15.9 Å². The molecule has 0 saturated heterocycles. The molecule has 0 aliphatic carbocycles. The summed E-state index contributed by atoms with van der Waals surface area (Å²) in [6.07, 6.45) is 1.06. The van der Waals surface area contributed by atoms with E-state index in [1.54, 1.807) is 13.0 Å². The minimum absolute atomic E-state index is 0.304. The fourth-order valence-electron chi connectivity index (χ4n) is 2.57. The van der Waals surface area contributed by atoms with Crippen molar-refractivity contribution in [2.75, 3.05) is 17.1 Å². The average molecular weight is 381 g/mol. The fourth-order valence-corrected chi connectivity index (χ4v) is 3.97. The van der Waals surface area contributed by atoms with Crippen LogP contribution < -0.4 is 9.62 Å². The van der Waals surface area contributed by atoms with Crippen LogP contribution in [-0.2, 0) is 21.4 Å². The summed E-state index contributed by atoms with van der Waals surface area (Å²) >= 11 is 6.25. The van der Waals surface area contributed by atoms with Gasteiger partial charge in [-0.2, -0.15) is 0 Å². The minimum Gasteiger partial charge on any atom is -0.350 e. The van der Waals surface area contributed by atoms with E-state index in [1.807, 2.05) is 43.3 Å². The molecule has 0 aliphatic rings. The Hall–Kier alpha value is -2.05. The third-order valence-electron chi connectivity index (χ3n) is 3.67. The molecule has 0 fully saturated rings. The van der Waals surface area contributed by atoms with Crippen molar-refractivity contribution in [1.29, 1.82) is 0 Å². The molecule has 0 atom stereocenters. The second-order valence-electron chi connectivity index (χ2n) is 5.94. The lowest BCUT2D eigenvalue weighted by atomic mass is 10.1. The summed E-state index contributed by atoms with van der Waals surface area (Å²) in [7, 11) is -3.67. The van der Waals surface area contributed by atoms with Gasteiger partial charge in [-0.25, -0.2) is 8.42 Å². The Kier molecular flexibility index (Phi) is 6.08. The Morgan fingerprint density at radius 1 is 1.16 bits per heavy atom. The van der Waals surface area contributed by atoms with Crippen molar-refractivity contribution >= 4 is 33.2 Å². The van der Waals surface area contributed by atoms with Gasteiger partial charge in [-0.05, 0) is 36.6 Å². The summed E-state index contributed by atoms with van der Waals surface area (Å²) in [4.78, 5) is 12.3. The number of benzene rings is 2. The van der Waals surface area contributed by atoms with Gasteiger partial charge in [-0.15, -0.1) is 0 Å². The van der Waals surface area contributed by atoms with Crippen LogP contribution in [0.1, 0.15) is 16.7 Å². The van der Waals surface area contributed by atoms with Crippen molar-refractivity contribution in [2.24, 2.45) is 0 Å². The van der Waals surface area contributed by atoms with Crippen molar-refractivity contribution in [3.63, 3.8) is 0 Å². The molecule has 0 unspecified atom stereocenters. The number of nitrogens with one attached hydrogen (secondary N) is 1. The van der Waals surface area contributed by atoms with E-state index in [2.05, 4.69) is 5.32 Å². The van der Waals surface area contributed by atoms with Gasteiger partial charge >= 0.3 is 0 Å². The van der Waals surface area contributed by atoms with Gasteiger partial charge < -0.3 is 5.32 Å².